The summed E-state index contributed by atoms with van der Waals surface area (Å²) >= 11 is 0. The summed E-state index contributed by atoms with van der Waals surface area (Å²) in [6, 6.07) is -1.13. The Morgan fingerprint density at radius 1 is 0.929 bits per heavy atom. The van der Waals surface area contributed by atoms with Crippen molar-refractivity contribution in [3.8, 4) is 0 Å². The van der Waals surface area contributed by atoms with E-state index < -0.39 is 86.6 Å². The zero-order chi connectivity index (χ0) is 21.2. The molecule has 11 atom stereocenters. The molecule has 13 nitrogen and oxygen atoms in total. The van der Waals surface area contributed by atoms with Crippen LogP contribution in [-0.4, -0.2) is 127 Å². The van der Waals surface area contributed by atoms with Crippen LogP contribution in [0.2, 0.25) is 0 Å². The molecule has 0 saturated carbocycles. The van der Waals surface area contributed by atoms with Gasteiger partial charge < -0.3 is 55.1 Å². The highest BCUT2D eigenvalue weighted by molar-refractivity contribution is 5.72. The van der Waals surface area contributed by atoms with Crippen LogP contribution in [0.25, 0.3) is 0 Å². The molecule has 2 saturated heterocycles. The second kappa shape index (κ2) is 9.69. The fourth-order valence-electron chi connectivity index (χ4n) is 3.04. The Bertz CT molecular complexity index is 519. The molecule has 0 aromatic carbocycles. The number of carbonyl (C=O) groups is 1. The van der Waals surface area contributed by atoms with E-state index >= 15 is 0 Å². The third-order valence-corrected chi connectivity index (χ3v) is 4.79. The van der Waals surface area contributed by atoms with Crippen molar-refractivity contribution < 1.29 is 59.9 Å². The lowest BCUT2D eigenvalue weighted by Gasteiger charge is -2.46. The Hall–Kier alpha value is -0.970. The van der Waals surface area contributed by atoms with Gasteiger partial charge in [0.25, 0.3) is 0 Å². The van der Waals surface area contributed by atoms with Crippen LogP contribution in [0.5, 0.6) is 0 Å². The van der Waals surface area contributed by atoms with Crippen LogP contribution in [-0.2, 0) is 19.0 Å². The average Bonchev–Trinajstić information content (AvgIpc) is 2.67. The van der Waals surface area contributed by atoms with Gasteiger partial charge in [0, 0.05) is 0 Å². The highest BCUT2D eigenvalue weighted by atomic mass is 16.7. The monoisotopic (exact) mass is 413 g/mol. The molecule has 0 radical (unpaired) electrons. The summed E-state index contributed by atoms with van der Waals surface area (Å²) in [5.74, 6) is -1.23. The van der Waals surface area contributed by atoms with Gasteiger partial charge in [0.1, 0.15) is 61.1 Å². The Morgan fingerprint density at radius 2 is 1.54 bits per heavy atom. The third kappa shape index (κ3) is 4.77. The van der Waals surface area contributed by atoms with Gasteiger partial charge in [-0.25, -0.2) is 0 Å². The molecule has 0 bridgehead atoms. The smallest absolute Gasteiger partial charge is 0.320 e. The zero-order valence-corrected chi connectivity index (χ0v) is 15.0. The third-order valence-electron chi connectivity index (χ3n) is 4.79. The van der Waals surface area contributed by atoms with E-state index in [4.69, 9.17) is 19.3 Å². The van der Waals surface area contributed by atoms with E-state index in [1.54, 1.807) is 0 Å². The maximum absolute atomic E-state index is 10.9. The SMILES string of the molecule is C[C@H](NC1O[C@H](CO)[C@@H](O[C@@H]2O[C@H](CO)[C@H](O)[C@H](O)[C@H]2O)[C@H](O)[C@H]1O)C(=O)O. The van der Waals surface area contributed by atoms with Crippen LogP contribution < -0.4 is 5.32 Å². The van der Waals surface area contributed by atoms with Gasteiger partial charge in [0.2, 0.25) is 0 Å². The Balaban J connectivity index is 2.11. The quantitative estimate of drug-likeness (QED) is 0.191. The van der Waals surface area contributed by atoms with Crippen LogP contribution in [0.1, 0.15) is 6.92 Å². The van der Waals surface area contributed by atoms with Crippen molar-refractivity contribution in [1.29, 1.82) is 0 Å². The van der Waals surface area contributed by atoms with Crippen LogP contribution in [0.4, 0.5) is 0 Å². The molecule has 2 aliphatic heterocycles. The average molecular weight is 413 g/mol. The first-order valence-corrected chi connectivity index (χ1v) is 8.69. The summed E-state index contributed by atoms with van der Waals surface area (Å²) in [6.07, 6.45) is -15.4. The summed E-state index contributed by atoms with van der Waals surface area (Å²) in [4.78, 5) is 10.9. The molecular formula is C15H27NO12. The summed E-state index contributed by atoms with van der Waals surface area (Å²) in [5.41, 5.74) is 0. The molecule has 0 spiro atoms. The molecule has 164 valence electrons. The second-order valence-electron chi connectivity index (χ2n) is 6.78. The molecule has 9 N–H and O–H groups in total. The lowest BCUT2D eigenvalue weighted by atomic mass is 9.96. The molecule has 0 aliphatic carbocycles. The Kier molecular flexibility index (Phi) is 8.06. The van der Waals surface area contributed by atoms with Crippen molar-refractivity contribution >= 4 is 5.97 Å². The van der Waals surface area contributed by atoms with E-state index in [-0.39, 0.29) is 0 Å². The number of aliphatic hydroxyl groups excluding tert-OH is 7. The lowest BCUT2D eigenvalue weighted by molar-refractivity contribution is -0.343. The second-order valence-corrected chi connectivity index (χ2v) is 6.78. The molecule has 0 aromatic heterocycles. The minimum absolute atomic E-state index is 0.695. The number of aliphatic carboxylic acids is 1. The maximum Gasteiger partial charge on any atom is 0.320 e. The minimum Gasteiger partial charge on any atom is -0.480 e. The van der Waals surface area contributed by atoms with Gasteiger partial charge in [-0.1, -0.05) is 0 Å². The van der Waals surface area contributed by atoms with Gasteiger partial charge in [-0.15, -0.1) is 0 Å². The van der Waals surface area contributed by atoms with E-state index in [9.17, 15) is 40.5 Å². The predicted octanol–water partition coefficient (Wildman–Crippen LogP) is -5.33. The first-order valence-electron chi connectivity index (χ1n) is 8.69. The number of hydrogen-bond donors (Lipinski definition) is 9. The van der Waals surface area contributed by atoms with Crippen molar-refractivity contribution in [1.82, 2.24) is 5.32 Å². The molecule has 2 heterocycles. The Morgan fingerprint density at radius 3 is 2.07 bits per heavy atom. The molecule has 0 aromatic rings. The van der Waals surface area contributed by atoms with E-state index in [1.165, 1.54) is 6.92 Å². The van der Waals surface area contributed by atoms with Crippen molar-refractivity contribution in [2.45, 2.75) is 74.3 Å². The minimum atomic E-state index is -1.76. The number of ether oxygens (including phenoxy) is 3. The highest BCUT2D eigenvalue weighted by Gasteiger charge is 2.50. The fourth-order valence-corrected chi connectivity index (χ4v) is 3.04. The maximum atomic E-state index is 10.9. The van der Waals surface area contributed by atoms with Crippen LogP contribution in [0.3, 0.4) is 0 Å². The van der Waals surface area contributed by atoms with Crippen molar-refractivity contribution in [2.24, 2.45) is 0 Å². The number of nitrogens with one attached hydrogen (secondary N) is 1. The van der Waals surface area contributed by atoms with Crippen molar-refractivity contribution in [3.05, 3.63) is 0 Å². The van der Waals surface area contributed by atoms with Gasteiger partial charge in [-0.3, -0.25) is 10.1 Å². The fraction of sp³-hybridized carbons (Fsp3) is 0.933. The number of aliphatic hydroxyl groups is 7. The van der Waals surface area contributed by atoms with Gasteiger partial charge in [0.05, 0.1) is 13.2 Å². The highest BCUT2D eigenvalue weighted by Crippen LogP contribution is 2.28. The van der Waals surface area contributed by atoms with Crippen molar-refractivity contribution in [2.75, 3.05) is 13.2 Å². The van der Waals surface area contributed by atoms with E-state index in [2.05, 4.69) is 5.32 Å². The number of carboxylic acids is 1. The van der Waals surface area contributed by atoms with E-state index in [0.29, 0.717) is 0 Å². The standard InChI is InChI=1S/C15H27NO12/c1-4(14(24)25)16-13-10(22)9(21)12(6(3-18)26-13)28-15-11(23)8(20)7(19)5(2-17)27-15/h4-13,15-23H,2-3H2,1H3,(H,24,25)/t4-,5+,6+,7-,8-,9+,10+,11+,12+,13?,15-/m0/s1. The summed E-state index contributed by atoms with van der Waals surface area (Å²) in [5, 5.41) is 80.3. The zero-order valence-electron chi connectivity index (χ0n) is 15.0. The first-order chi connectivity index (χ1) is 13.1. The molecule has 2 fully saturated rings. The van der Waals surface area contributed by atoms with Gasteiger partial charge in [-0.05, 0) is 6.92 Å². The molecule has 28 heavy (non-hydrogen) atoms. The van der Waals surface area contributed by atoms with Gasteiger partial charge >= 0.3 is 5.97 Å². The molecule has 2 rings (SSSR count). The van der Waals surface area contributed by atoms with E-state index in [1.807, 2.05) is 0 Å². The van der Waals surface area contributed by atoms with E-state index in [0.717, 1.165) is 0 Å². The molecule has 13 heteroatoms. The number of rotatable bonds is 7. The van der Waals surface area contributed by atoms with Crippen molar-refractivity contribution in [3.63, 3.8) is 0 Å². The Labute approximate surface area is 159 Å². The molecule has 1 unspecified atom stereocenters. The van der Waals surface area contributed by atoms with Crippen LogP contribution in [0, 0.1) is 0 Å². The van der Waals surface area contributed by atoms with Gasteiger partial charge in [0.15, 0.2) is 6.29 Å². The topological polar surface area (TPSA) is 219 Å². The normalized spacial score (nSPS) is 45.6. The number of hydrogen-bond acceptors (Lipinski definition) is 12. The predicted molar refractivity (Wildman–Crippen MR) is 86.6 cm³/mol. The molecular weight excluding hydrogens is 386 g/mol. The summed E-state index contributed by atoms with van der Waals surface area (Å²) in [7, 11) is 0. The summed E-state index contributed by atoms with van der Waals surface area (Å²) < 4.78 is 15.9. The largest absolute Gasteiger partial charge is 0.480 e. The first kappa shape index (κ1) is 23.3. The van der Waals surface area contributed by atoms with Crippen LogP contribution >= 0.6 is 0 Å². The lowest BCUT2D eigenvalue weighted by Crippen LogP contribution is -2.67. The number of carboxylic acid groups (broad SMARTS) is 1. The molecule has 0 amide bonds. The van der Waals surface area contributed by atoms with Gasteiger partial charge in [-0.2, -0.15) is 0 Å². The van der Waals surface area contributed by atoms with Crippen LogP contribution in [0.15, 0.2) is 0 Å². The summed E-state index contributed by atoms with van der Waals surface area (Å²) in [6.45, 7) is -0.111. The molecule has 2 aliphatic rings.